The molecular weight excluding hydrogens is 256 g/mol. The highest BCUT2D eigenvalue weighted by atomic mass is 17.2. The Kier molecular flexibility index (Phi) is 13.7. The third-order valence-corrected chi connectivity index (χ3v) is 3.08. The van der Waals surface area contributed by atoms with Crippen molar-refractivity contribution in [1.82, 2.24) is 0 Å². The van der Waals surface area contributed by atoms with Crippen LogP contribution >= 0.6 is 0 Å². The number of hydrogen-bond acceptors (Lipinski definition) is 4. The topological polar surface area (TPSA) is 36.9 Å². The van der Waals surface area contributed by atoms with Gasteiger partial charge in [-0.25, -0.2) is 9.78 Å². The maximum Gasteiger partial charge on any atom is 0.195 e. The molecule has 0 aliphatic carbocycles. The molecule has 0 amide bonds. The quantitative estimate of drug-likeness (QED) is 0.193. The molecule has 4 nitrogen and oxygen atoms in total. The molecule has 0 N–H and O–H groups in total. The number of unbranched alkanes of at least 4 members (excludes halogenated alkanes) is 7. The lowest BCUT2D eigenvalue weighted by Crippen LogP contribution is -2.30. The molecule has 122 valence electrons. The zero-order valence-electron chi connectivity index (χ0n) is 13.9. The first-order valence-electron chi connectivity index (χ1n) is 8.06. The minimum atomic E-state index is -0.710. The van der Waals surface area contributed by atoms with Gasteiger partial charge in [-0.15, -0.1) is 0 Å². The van der Waals surface area contributed by atoms with E-state index in [1.165, 1.54) is 44.9 Å². The lowest BCUT2D eigenvalue weighted by Gasteiger charge is -2.23. The Hall–Kier alpha value is -0.160. The Bertz CT molecular complexity index is 195. The van der Waals surface area contributed by atoms with Crippen LogP contribution in [0.25, 0.3) is 0 Å². The van der Waals surface area contributed by atoms with Gasteiger partial charge in [0, 0.05) is 7.11 Å². The summed E-state index contributed by atoms with van der Waals surface area (Å²) in [6.45, 7) is 7.63. The van der Waals surface area contributed by atoms with Crippen LogP contribution in [0.15, 0.2) is 0 Å². The molecule has 0 aromatic heterocycles. The van der Waals surface area contributed by atoms with Gasteiger partial charge in [-0.3, -0.25) is 0 Å². The van der Waals surface area contributed by atoms with Gasteiger partial charge >= 0.3 is 0 Å². The van der Waals surface area contributed by atoms with Crippen LogP contribution in [0.4, 0.5) is 0 Å². The summed E-state index contributed by atoms with van der Waals surface area (Å²) in [4.78, 5) is 10.5. The molecule has 0 aliphatic rings. The van der Waals surface area contributed by atoms with E-state index in [1.54, 1.807) is 7.11 Å². The highest BCUT2D eigenvalue weighted by Crippen LogP contribution is 2.12. The average Bonchev–Trinajstić information content (AvgIpc) is 2.41. The number of methoxy groups -OCH3 is 1. The van der Waals surface area contributed by atoms with Crippen molar-refractivity contribution in [3.8, 4) is 0 Å². The van der Waals surface area contributed by atoms with Crippen LogP contribution in [-0.4, -0.2) is 32.7 Å². The van der Waals surface area contributed by atoms with E-state index in [0.29, 0.717) is 19.8 Å². The summed E-state index contributed by atoms with van der Waals surface area (Å²) in [5, 5.41) is 0. The van der Waals surface area contributed by atoms with Crippen molar-refractivity contribution in [2.75, 3.05) is 26.9 Å². The van der Waals surface area contributed by atoms with Gasteiger partial charge < -0.3 is 9.47 Å². The minimum absolute atomic E-state index is 0.505. The first kappa shape index (κ1) is 19.8. The number of hydrogen-bond donors (Lipinski definition) is 0. The normalized spacial score (nSPS) is 12.0. The molecule has 20 heavy (non-hydrogen) atoms. The van der Waals surface area contributed by atoms with Crippen LogP contribution in [0, 0.1) is 0 Å². The summed E-state index contributed by atoms with van der Waals surface area (Å²) < 4.78 is 10.4. The van der Waals surface area contributed by atoms with Gasteiger partial charge in [-0.05, 0) is 20.3 Å². The molecule has 0 aromatic rings. The molecule has 0 saturated carbocycles. The van der Waals surface area contributed by atoms with Crippen molar-refractivity contribution in [3.63, 3.8) is 0 Å². The van der Waals surface area contributed by atoms with Crippen molar-refractivity contribution in [2.45, 2.75) is 77.9 Å². The summed E-state index contributed by atoms with van der Waals surface area (Å²) >= 11 is 0. The van der Waals surface area contributed by atoms with Gasteiger partial charge in [-0.1, -0.05) is 51.9 Å². The van der Waals surface area contributed by atoms with Crippen molar-refractivity contribution < 1.29 is 19.2 Å². The molecule has 4 heteroatoms. The van der Waals surface area contributed by atoms with Gasteiger partial charge in [0.1, 0.15) is 0 Å². The predicted molar refractivity (Wildman–Crippen MR) is 81.6 cm³/mol. The fourth-order valence-electron chi connectivity index (χ4n) is 1.87. The number of ether oxygens (including phenoxy) is 2. The molecule has 0 unspecified atom stereocenters. The first-order valence-corrected chi connectivity index (χ1v) is 8.06. The van der Waals surface area contributed by atoms with E-state index >= 15 is 0 Å². The van der Waals surface area contributed by atoms with E-state index < -0.39 is 5.79 Å². The van der Waals surface area contributed by atoms with Gasteiger partial charge in [0.05, 0.1) is 19.8 Å². The smallest absolute Gasteiger partial charge is 0.195 e. The second-order valence-electron chi connectivity index (χ2n) is 5.62. The summed E-state index contributed by atoms with van der Waals surface area (Å²) in [6, 6.07) is 0. The number of rotatable bonds is 15. The molecule has 0 aromatic carbocycles. The fraction of sp³-hybridized carbons (Fsp3) is 1.00. The monoisotopic (exact) mass is 290 g/mol. The summed E-state index contributed by atoms with van der Waals surface area (Å²) in [5.41, 5.74) is 0. The van der Waals surface area contributed by atoms with E-state index in [0.717, 1.165) is 6.42 Å². The standard InChI is InChI=1S/C16H34O4/c1-5-6-7-8-9-10-11-12-13-19-20-16(2,3)18-15-14-17-4/h5-15H2,1-4H3. The van der Waals surface area contributed by atoms with Crippen LogP contribution in [0.3, 0.4) is 0 Å². The van der Waals surface area contributed by atoms with E-state index in [2.05, 4.69) is 6.92 Å². The highest BCUT2D eigenvalue weighted by molar-refractivity contribution is 4.50. The second kappa shape index (κ2) is 13.8. The van der Waals surface area contributed by atoms with Gasteiger partial charge in [-0.2, -0.15) is 0 Å². The van der Waals surface area contributed by atoms with Crippen LogP contribution in [0.2, 0.25) is 0 Å². The maximum absolute atomic E-state index is 5.48. The Morgan fingerprint density at radius 3 is 1.95 bits per heavy atom. The van der Waals surface area contributed by atoms with Crippen molar-refractivity contribution >= 4 is 0 Å². The Labute approximate surface area is 125 Å². The van der Waals surface area contributed by atoms with E-state index in [1.807, 2.05) is 13.8 Å². The SMILES string of the molecule is CCCCCCCCCCOOC(C)(C)OCCOC. The molecule has 0 aliphatic heterocycles. The van der Waals surface area contributed by atoms with E-state index in [-0.39, 0.29) is 0 Å². The Morgan fingerprint density at radius 2 is 1.35 bits per heavy atom. The predicted octanol–water partition coefficient (Wildman–Crippen LogP) is 4.47. The van der Waals surface area contributed by atoms with Crippen LogP contribution in [0.1, 0.15) is 72.1 Å². The molecule has 0 saturated heterocycles. The molecule has 0 heterocycles. The van der Waals surface area contributed by atoms with Gasteiger partial charge in [0.15, 0.2) is 5.79 Å². The van der Waals surface area contributed by atoms with Crippen LogP contribution in [-0.2, 0) is 19.2 Å². The lowest BCUT2D eigenvalue weighted by atomic mass is 10.1. The zero-order valence-corrected chi connectivity index (χ0v) is 13.9. The minimum Gasteiger partial charge on any atom is -0.382 e. The third-order valence-electron chi connectivity index (χ3n) is 3.08. The van der Waals surface area contributed by atoms with E-state index in [9.17, 15) is 0 Å². The van der Waals surface area contributed by atoms with Gasteiger partial charge in [0.2, 0.25) is 0 Å². The maximum atomic E-state index is 5.48. The molecule has 0 rings (SSSR count). The largest absolute Gasteiger partial charge is 0.382 e. The fourth-order valence-corrected chi connectivity index (χ4v) is 1.87. The van der Waals surface area contributed by atoms with Crippen LogP contribution < -0.4 is 0 Å². The molecule has 0 spiro atoms. The molecule has 0 bridgehead atoms. The second-order valence-corrected chi connectivity index (χ2v) is 5.62. The molecule has 0 radical (unpaired) electrons. The van der Waals surface area contributed by atoms with Crippen molar-refractivity contribution in [1.29, 1.82) is 0 Å². The molecule has 0 atom stereocenters. The Balaban J connectivity index is 3.25. The van der Waals surface area contributed by atoms with Crippen molar-refractivity contribution in [2.24, 2.45) is 0 Å². The van der Waals surface area contributed by atoms with Crippen molar-refractivity contribution in [3.05, 3.63) is 0 Å². The molecular formula is C16H34O4. The molecule has 0 fully saturated rings. The summed E-state index contributed by atoms with van der Waals surface area (Å²) in [5.74, 6) is -0.710. The summed E-state index contributed by atoms with van der Waals surface area (Å²) in [7, 11) is 1.65. The zero-order chi connectivity index (χ0) is 15.1. The summed E-state index contributed by atoms with van der Waals surface area (Å²) in [6.07, 6.45) is 10.3. The van der Waals surface area contributed by atoms with Crippen LogP contribution in [0.5, 0.6) is 0 Å². The lowest BCUT2D eigenvalue weighted by molar-refractivity contribution is -0.418. The third kappa shape index (κ3) is 14.3. The highest BCUT2D eigenvalue weighted by Gasteiger charge is 2.20. The first-order chi connectivity index (χ1) is 9.62. The Morgan fingerprint density at radius 1 is 0.750 bits per heavy atom. The average molecular weight is 290 g/mol. The van der Waals surface area contributed by atoms with E-state index in [4.69, 9.17) is 19.2 Å². The van der Waals surface area contributed by atoms with Gasteiger partial charge in [0.25, 0.3) is 0 Å².